The maximum absolute atomic E-state index is 12.9. The lowest BCUT2D eigenvalue weighted by Crippen LogP contribution is -2.46. The molecule has 4 nitrogen and oxygen atoms in total. The van der Waals surface area contributed by atoms with E-state index in [0.29, 0.717) is 18.4 Å². The van der Waals surface area contributed by atoms with Crippen molar-refractivity contribution in [2.45, 2.75) is 64.5 Å². The molecule has 1 N–H and O–H groups in total. The average Bonchev–Trinajstić information content (AvgIpc) is 3.28. The van der Waals surface area contributed by atoms with Crippen molar-refractivity contribution in [3.63, 3.8) is 0 Å². The second kappa shape index (κ2) is 7.37. The summed E-state index contributed by atoms with van der Waals surface area (Å²) in [5.74, 6) is 0.796. The molecule has 0 radical (unpaired) electrons. The summed E-state index contributed by atoms with van der Waals surface area (Å²) < 4.78 is 0. The standard InChI is InChI=1S/C20H28N2O2/c1-14-6-10-17(11-7-14)19(21-15(2)23)12-20(24)22(13-16-8-9-16)18-4-3-5-18/h6-7,10-11,16,18-19H,3-5,8-9,12-13H2,1-2H3,(H,21,23)/t19-/m1/s1. The molecule has 1 aromatic rings. The van der Waals surface area contributed by atoms with Gasteiger partial charge in [0.05, 0.1) is 12.5 Å². The van der Waals surface area contributed by atoms with Gasteiger partial charge in [0.2, 0.25) is 11.8 Å². The van der Waals surface area contributed by atoms with Crippen molar-refractivity contribution in [1.82, 2.24) is 10.2 Å². The molecule has 0 bridgehead atoms. The Labute approximate surface area is 144 Å². The molecule has 2 aliphatic carbocycles. The first kappa shape index (κ1) is 17.0. The zero-order valence-electron chi connectivity index (χ0n) is 14.8. The Kier molecular flexibility index (Phi) is 5.22. The van der Waals surface area contributed by atoms with E-state index in [1.54, 1.807) is 0 Å². The van der Waals surface area contributed by atoms with Crippen LogP contribution < -0.4 is 5.32 Å². The van der Waals surface area contributed by atoms with E-state index in [1.807, 2.05) is 31.2 Å². The van der Waals surface area contributed by atoms with Crippen molar-refractivity contribution in [3.8, 4) is 0 Å². The van der Waals surface area contributed by atoms with E-state index in [9.17, 15) is 9.59 Å². The summed E-state index contributed by atoms with van der Waals surface area (Å²) in [5, 5.41) is 2.96. The predicted molar refractivity (Wildman–Crippen MR) is 94.4 cm³/mol. The third-order valence-electron chi connectivity index (χ3n) is 5.22. The Morgan fingerprint density at radius 1 is 1.17 bits per heavy atom. The lowest BCUT2D eigenvalue weighted by Gasteiger charge is -2.38. The van der Waals surface area contributed by atoms with Crippen LogP contribution in [0.1, 0.15) is 62.6 Å². The third kappa shape index (κ3) is 4.37. The number of rotatable bonds is 7. The molecule has 24 heavy (non-hydrogen) atoms. The van der Waals surface area contributed by atoms with E-state index in [-0.39, 0.29) is 17.9 Å². The number of amides is 2. The molecule has 0 heterocycles. The predicted octanol–water partition coefficient (Wildman–Crippen LogP) is 3.35. The number of benzene rings is 1. The summed E-state index contributed by atoms with van der Waals surface area (Å²) >= 11 is 0. The molecule has 130 valence electrons. The van der Waals surface area contributed by atoms with Crippen LogP contribution in [0.3, 0.4) is 0 Å². The van der Waals surface area contributed by atoms with Crippen molar-refractivity contribution in [1.29, 1.82) is 0 Å². The fraction of sp³-hybridized carbons (Fsp3) is 0.600. The number of carbonyl (C=O) groups excluding carboxylic acids is 2. The number of hydrogen-bond acceptors (Lipinski definition) is 2. The van der Waals surface area contributed by atoms with Gasteiger partial charge < -0.3 is 10.2 Å². The molecule has 2 amide bonds. The molecule has 2 fully saturated rings. The van der Waals surface area contributed by atoms with Crippen molar-refractivity contribution in [3.05, 3.63) is 35.4 Å². The highest BCUT2D eigenvalue weighted by molar-refractivity contribution is 5.79. The zero-order chi connectivity index (χ0) is 17.1. The SMILES string of the molecule is CC(=O)N[C@H](CC(=O)N(CC1CC1)C1CCC1)c1ccc(C)cc1. The first-order chi connectivity index (χ1) is 11.5. The maximum Gasteiger partial charge on any atom is 0.225 e. The number of nitrogens with zero attached hydrogens (tertiary/aromatic N) is 1. The minimum Gasteiger partial charge on any atom is -0.349 e. The van der Waals surface area contributed by atoms with E-state index < -0.39 is 0 Å². The molecular weight excluding hydrogens is 300 g/mol. The van der Waals surface area contributed by atoms with Gasteiger partial charge in [0, 0.05) is 19.5 Å². The van der Waals surface area contributed by atoms with Crippen LogP contribution in [-0.4, -0.2) is 29.3 Å². The van der Waals surface area contributed by atoms with Crippen molar-refractivity contribution >= 4 is 11.8 Å². The molecule has 1 aromatic carbocycles. The lowest BCUT2D eigenvalue weighted by molar-refractivity contribution is -0.136. The van der Waals surface area contributed by atoms with Gasteiger partial charge in [0.1, 0.15) is 0 Å². The zero-order valence-corrected chi connectivity index (χ0v) is 14.8. The topological polar surface area (TPSA) is 49.4 Å². The molecule has 0 spiro atoms. The number of aryl methyl sites for hydroxylation is 1. The van der Waals surface area contributed by atoms with Crippen LogP contribution in [0.4, 0.5) is 0 Å². The van der Waals surface area contributed by atoms with Gasteiger partial charge in [-0.1, -0.05) is 29.8 Å². The Balaban J connectivity index is 1.70. The minimum absolute atomic E-state index is 0.0919. The van der Waals surface area contributed by atoms with E-state index in [1.165, 1.54) is 31.7 Å². The summed E-state index contributed by atoms with van der Waals surface area (Å²) in [6, 6.07) is 8.27. The molecule has 2 aliphatic rings. The van der Waals surface area contributed by atoms with Gasteiger partial charge in [0.15, 0.2) is 0 Å². The second-order valence-electron chi connectivity index (χ2n) is 7.44. The molecule has 0 unspecified atom stereocenters. The quantitative estimate of drug-likeness (QED) is 0.834. The van der Waals surface area contributed by atoms with Crippen LogP contribution in [0.2, 0.25) is 0 Å². The Hall–Kier alpha value is -1.84. The van der Waals surface area contributed by atoms with Crippen LogP contribution in [0.15, 0.2) is 24.3 Å². The van der Waals surface area contributed by atoms with Gasteiger partial charge in [-0.25, -0.2) is 0 Å². The molecule has 1 atom stereocenters. The Bertz CT molecular complexity index is 588. The third-order valence-corrected chi connectivity index (χ3v) is 5.22. The van der Waals surface area contributed by atoms with Crippen molar-refractivity contribution in [2.75, 3.05) is 6.54 Å². The molecule has 2 saturated carbocycles. The minimum atomic E-state index is -0.239. The van der Waals surface area contributed by atoms with Gasteiger partial charge in [-0.15, -0.1) is 0 Å². The summed E-state index contributed by atoms with van der Waals surface area (Å²) in [5.41, 5.74) is 2.18. The van der Waals surface area contributed by atoms with Crippen LogP contribution in [0, 0.1) is 12.8 Å². The maximum atomic E-state index is 12.9. The second-order valence-corrected chi connectivity index (χ2v) is 7.44. The lowest BCUT2D eigenvalue weighted by atomic mass is 9.90. The summed E-state index contributed by atoms with van der Waals surface area (Å²) in [7, 11) is 0. The summed E-state index contributed by atoms with van der Waals surface area (Å²) in [6.07, 6.45) is 6.35. The summed E-state index contributed by atoms with van der Waals surface area (Å²) in [6.45, 7) is 4.46. The Morgan fingerprint density at radius 3 is 2.33 bits per heavy atom. The van der Waals surface area contributed by atoms with Gasteiger partial charge in [-0.2, -0.15) is 0 Å². The fourth-order valence-electron chi connectivity index (χ4n) is 3.32. The fourth-order valence-corrected chi connectivity index (χ4v) is 3.32. The van der Waals surface area contributed by atoms with Crippen LogP contribution >= 0.6 is 0 Å². The van der Waals surface area contributed by atoms with Gasteiger partial charge in [0.25, 0.3) is 0 Å². The van der Waals surface area contributed by atoms with Crippen LogP contribution in [-0.2, 0) is 9.59 Å². The molecule has 0 saturated heterocycles. The van der Waals surface area contributed by atoms with Crippen molar-refractivity contribution < 1.29 is 9.59 Å². The van der Waals surface area contributed by atoms with E-state index >= 15 is 0 Å². The van der Waals surface area contributed by atoms with Gasteiger partial charge in [-0.05, 0) is 50.5 Å². The number of nitrogens with one attached hydrogen (secondary N) is 1. The van der Waals surface area contributed by atoms with E-state index in [4.69, 9.17) is 0 Å². The Morgan fingerprint density at radius 2 is 1.83 bits per heavy atom. The molecule has 0 aromatic heterocycles. The highest BCUT2D eigenvalue weighted by atomic mass is 16.2. The van der Waals surface area contributed by atoms with Crippen LogP contribution in [0.25, 0.3) is 0 Å². The normalized spacial score (nSPS) is 18.6. The number of carbonyl (C=O) groups is 2. The monoisotopic (exact) mass is 328 g/mol. The largest absolute Gasteiger partial charge is 0.349 e. The van der Waals surface area contributed by atoms with Crippen LogP contribution in [0.5, 0.6) is 0 Å². The van der Waals surface area contributed by atoms with E-state index in [2.05, 4.69) is 10.2 Å². The number of hydrogen-bond donors (Lipinski definition) is 1. The first-order valence-corrected chi connectivity index (χ1v) is 9.16. The van der Waals surface area contributed by atoms with Gasteiger partial charge >= 0.3 is 0 Å². The molecule has 4 heteroatoms. The smallest absolute Gasteiger partial charge is 0.225 e. The highest BCUT2D eigenvalue weighted by Crippen LogP contribution is 2.34. The average molecular weight is 328 g/mol. The van der Waals surface area contributed by atoms with Crippen molar-refractivity contribution in [2.24, 2.45) is 5.92 Å². The molecular formula is C20H28N2O2. The van der Waals surface area contributed by atoms with E-state index in [0.717, 1.165) is 24.9 Å². The van der Waals surface area contributed by atoms with Gasteiger partial charge in [-0.3, -0.25) is 9.59 Å². The summed E-state index contributed by atoms with van der Waals surface area (Å²) in [4.78, 5) is 26.6. The molecule has 3 rings (SSSR count). The first-order valence-electron chi connectivity index (χ1n) is 9.16. The molecule has 0 aliphatic heterocycles. The highest BCUT2D eigenvalue weighted by Gasteiger charge is 2.34.